The zero-order chi connectivity index (χ0) is 18.5. The summed E-state index contributed by atoms with van der Waals surface area (Å²) in [6.07, 6.45) is 3.49. The highest BCUT2D eigenvalue weighted by Gasteiger charge is 2.09. The third kappa shape index (κ3) is 3.39. The van der Waals surface area contributed by atoms with Gasteiger partial charge in [0.1, 0.15) is 0 Å². The number of hydrogen-bond donors (Lipinski definition) is 0. The Kier molecular flexibility index (Phi) is 5.22. The van der Waals surface area contributed by atoms with Crippen molar-refractivity contribution >= 4 is 22.8 Å². The maximum atomic E-state index is 5.38. The summed E-state index contributed by atoms with van der Waals surface area (Å²) in [5.74, 6) is 2.60. The molecule has 3 aromatic rings. The minimum absolute atomic E-state index is 0.633. The van der Waals surface area contributed by atoms with Gasteiger partial charge in [-0.05, 0) is 35.9 Å². The summed E-state index contributed by atoms with van der Waals surface area (Å²) in [6.45, 7) is 0. The number of aromatic nitrogens is 1. The van der Waals surface area contributed by atoms with E-state index in [1.165, 1.54) is 0 Å². The van der Waals surface area contributed by atoms with Gasteiger partial charge in [0.2, 0.25) is 0 Å². The lowest BCUT2D eigenvalue weighted by Crippen LogP contribution is -1.92. The summed E-state index contributed by atoms with van der Waals surface area (Å²) < 4.78 is 21.3. The Morgan fingerprint density at radius 2 is 1.42 bits per heavy atom. The van der Waals surface area contributed by atoms with Gasteiger partial charge in [0.15, 0.2) is 23.0 Å². The Morgan fingerprint density at radius 3 is 2.12 bits per heavy atom. The maximum absolute atomic E-state index is 5.38. The van der Waals surface area contributed by atoms with Crippen LogP contribution in [0, 0.1) is 0 Å². The number of hydrogen-bond acceptors (Lipinski definition) is 6. The average molecular weight is 352 g/mol. The number of ether oxygens (including phenoxy) is 4. The Morgan fingerprint density at radius 1 is 0.769 bits per heavy atom. The Balaban J connectivity index is 2.02. The number of aliphatic imine (C=N–C) groups is 1. The molecule has 3 rings (SSSR count). The van der Waals surface area contributed by atoms with Crippen molar-refractivity contribution < 1.29 is 18.9 Å². The van der Waals surface area contributed by atoms with Gasteiger partial charge in [-0.1, -0.05) is 0 Å². The first-order valence-electron chi connectivity index (χ1n) is 7.97. The predicted octanol–water partition coefficient (Wildman–Crippen LogP) is 4.02. The van der Waals surface area contributed by atoms with Crippen molar-refractivity contribution in [2.45, 2.75) is 0 Å². The van der Waals surface area contributed by atoms with Crippen LogP contribution >= 0.6 is 0 Å². The predicted molar refractivity (Wildman–Crippen MR) is 102 cm³/mol. The number of pyridine rings is 1. The minimum atomic E-state index is 0.633. The first-order valence-corrected chi connectivity index (χ1v) is 7.97. The fourth-order valence-electron chi connectivity index (χ4n) is 2.65. The van der Waals surface area contributed by atoms with Crippen LogP contribution in [0.1, 0.15) is 5.56 Å². The maximum Gasteiger partial charge on any atom is 0.162 e. The van der Waals surface area contributed by atoms with Crippen molar-refractivity contribution in [1.82, 2.24) is 4.98 Å². The van der Waals surface area contributed by atoms with Crippen molar-refractivity contribution in [2.24, 2.45) is 4.99 Å². The fraction of sp³-hybridized carbons (Fsp3) is 0.200. The van der Waals surface area contributed by atoms with Crippen LogP contribution in [0.3, 0.4) is 0 Å². The third-order valence-corrected chi connectivity index (χ3v) is 3.98. The number of methoxy groups -OCH3 is 4. The quantitative estimate of drug-likeness (QED) is 0.627. The van der Waals surface area contributed by atoms with E-state index in [2.05, 4.69) is 9.98 Å². The lowest BCUT2D eigenvalue weighted by atomic mass is 10.1. The molecule has 1 aromatic heterocycles. The fourth-order valence-corrected chi connectivity index (χ4v) is 2.65. The van der Waals surface area contributed by atoms with Crippen LogP contribution in [0.5, 0.6) is 23.0 Å². The molecule has 0 saturated carbocycles. The third-order valence-electron chi connectivity index (χ3n) is 3.98. The van der Waals surface area contributed by atoms with Gasteiger partial charge in [-0.2, -0.15) is 0 Å². The van der Waals surface area contributed by atoms with Gasteiger partial charge in [0.25, 0.3) is 0 Å². The van der Waals surface area contributed by atoms with E-state index in [9.17, 15) is 0 Å². The summed E-state index contributed by atoms with van der Waals surface area (Å²) in [5.41, 5.74) is 2.46. The average Bonchev–Trinajstić information content (AvgIpc) is 2.70. The molecule has 0 aliphatic heterocycles. The first-order chi connectivity index (χ1) is 12.7. The standard InChI is InChI=1S/C20H20N2O4/c1-23-17-6-5-13(9-18(17)24-2)12-22-15-7-8-21-16-11-20(26-4)19(25-3)10-14(15)16/h5-12H,1-4H3/b22-12+. The molecule has 0 N–H and O–H groups in total. The highest BCUT2D eigenvalue weighted by atomic mass is 16.5. The summed E-state index contributed by atoms with van der Waals surface area (Å²) in [4.78, 5) is 8.99. The molecule has 0 fully saturated rings. The molecule has 6 heteroatoms. The zero-order valence-corrected chi connectivity index (χ0v) is 15.1. The molecule has 2 aromatic carbocycles. The Bertz CT molecular complexity index is 954. The Labute approximate surface area is 152 Å². The van der Waals surface area contributed by atoms with Gasteiger partial charge in [-0.25, -0.2) is 0 Å². The second kappa shape index (κ2) is 7.74. The van der Waals surface area contributed by atoms with Gasteiger partial charge < -0.3 is 18.9 Å². The molecule has 0 amide bonds. The van der Waals surface area contributed by atoms with Gasteiger partial charge in [-0.3, -0.25) is 9.98 Å². The summed E-state index contributed by atoms with van der Waals surface area (Å²) in [6, 6.07) is 11.2. The molecule has 0 radical (unpaired) electrons. The lowest BCUT2D eigenvalue weighted by molar-refractivity contribution is 0.355. The monoisotopic (exact) mass is 352 g/mol. The van der Waals surface area contributed by atoms with E-state index < -0.39 is 0 Å². The van der Waals surface area contributed by atoms with E-state index >= 15 is 0 Å². The van der Waals surface area contributed by atoms with Crippen LogP contribution in [-0.4, -0.2) is 39.6 Å². The van der Waals surface area contributed by atoms with Gasteiger partial charge in [0.05, 0.1) is 39.6 Å². The largest absolute Gasteiger partial charge is 0.493 e. The van der Waals surface area contributed by atoms with E-state index in [0.717, 1.165) is 22.2 Å². The van der Waals surface area contributed by atoms with E-state index in [0.29, 0.717) is 23.0 Å². The summed E-state index contributed by atoms with van der Waals surface area (Å²) in [7, 11) is 6.42. The van der Waals surface area contributed by atoms with E-state index in [1.54, 1.807) is 40.9 Å². The smallest absolute Gasteiger partial charge is 0.162 e. The van der Waals surface area contributed by atoms with E-state index in [1.807, 2.05) is 36.4 Å². The molecule has 6 nitrogen and oxygen atoms in total. The van der Waals surface area contributed by atoms with Gasteiger partial charge in [0, 0.05) is 23.9 Å². The number of fused-ring (bicyclic) bond motifs is 1. The van der Waals surface area contributed by atoms with Crippen LogP contribution < -0.4 is 18.9 Å². The van der Waals surface area contributed by atoms with Crippen LogP contribution in [0.25, 0.3) is 10.9 Å². The first kappa shape index (κ1) is 17.5. The molecule has 0 saturated heterocycles. The highest BCUT2D eigenvalue weighted by molar-refractivity contribution is 5.95. The second-order valence-electron chi connectivity index (χ2n) is 5.43. The molecule has 1 heterocycles. The molecule has 0 atom stereocenters. The molecular formula is C20H20N2O4. The number of rotatable bonds is 6. The highest BCUT2D eigenvalue weighted by Crippen LogP contribution is 2.35. The normalized spacial score (nSPS) is 10.9. The second-order valence-corrected chi connectivity index (χ2v) is 5.43. The van der Waals surface area contributed by atoms with E-state index in [4.69, 9.17) is 18.9 Å². The molecule has 0 aliphatic rings. The van der Waals surface area contributed by atoms with Gasteiger partial charge >= 0.3 is 0 Å². The van der Waals surface area contributed by atoms with Crippen molar-refractivity contribution in [2.75, 3.05) is 28.4 Å². The van der Waals surface area contributed by atoms with Crippen LogP contribution in [-0.2, 0) is 0 Å². The molecular weight excluding hydrogens is 332 g/mol. The molecule has 0 aliphatic carbocycles. The van der Waals surface area contributed by atoms with Crippen molar-refractivity contribution in [3.63, 3.8) is 0 Å². The SMILES string of the molecule is COc1ccc(/C=N/c2ccnc3cc(OC)c(OC)cc23)cc1OC. The van der Waals surface area contributed by atoms with Crippen molar-refractivity contribution in [3.05, 3.63) is 48.2 Å². The lowest BCUT2D eigenvalue weighted by Gasteiger charge is -2.10. The number of nitrogens with zero attached hydrogens (tertiary/aromatic N) is 2. The molecule has 26 heavy (non-hydrogen) atoms. The topological polar surface area (TPSA) is 62.2 Å². The van der Waals surface area contributed by atoms with E-state index in [-0.39, 0.29) is 0 Å². The Hall–Kier alpha value is -3.28. The van der Waals surface area contributed by atoms with Crippen LogP contribution in [0.4, 0.5) is 5.69 Å². The molecule has 0 spiro atoms. The minimum Gasteiger partial charge on any atom is -0.493 e. The number of benzene rings is 2. The molecule has 134 valence electrons. The van der Waals surface area contributed by atoms with Crippen molar-refractivity contribution in [1.29, 1.82) is 0 Å². The summed E-state index contributed by atoms with van der Waals surface area (Å²) >= 11 is 0. The van der Waals surface area contributed by atoms with Gasteiger partial charge in [-0.15, -0.1) is 0 Å². The van der Waals surface area contributed by atoms with Crippen molar-refractivity contribution in [3.8, 4) is 23.0 Å². The molecule has 0 bridgehead atoms. The molecule has 0 unspecified atom stereocenters. The van der Waals surface area contributed by atoms with Crippen LogP contribution in [0.2, 0.25) is 0 Å². The van der Waals surface area contributed by atoms with Crippen LogP contribution in [0.15, 0.2) is 47.6 Å². The summed E-state index contributed by atoms with van der Waals surface area (Å²) in [5, 5.41) is 0.877. The zero-order valence-electron chi connectivity index (χ0n) is 15.1.